The highest BCUT2D eigenvalue weighted by Gasteiger charge is 2.50. The number of rotatable bonds is 6. The van der Waals surface area contributed by atoms with Gasteiger partial charge in [-0.1, -0.05) is 30.3 Å². The Bertz CT molecular complexity index is 1670. The molecule has 41 heavy (non-hydrogen) atoms. The van der Waals surface area contributed by atoms with Crippen molar-refractivity contribution in [3.8, 4) is 11.3 Å². The highest BCUT2D eigenvalue weighted by molar-refractivity contribution is 9.10. The molecule has 5 N–H and O–H groups in total. The van der Waals surface area contributed by atoms with Crippen LogP contribution in [0.1, 0.15) is 18.1 Å². The number of aryl methyl sites for hydroxylation is 1. The third-order valence-corrected chi connectivity index (χ3v) is 7.85. The van der Waals surface area contributed by atoms with Gasteiger partial charge in [0.1, 0.15) is 6.04 Å². The fourth-order valence-electron chi connectivity index (χ4n) is 4.59. The van der Waals surface area contributed by atoms with E-state index < -0.39 is 35.4 Å². The molecular formula is C27H24BrClF4N6O2. The number of dihydropyridines is 1. The first-order chi connectivity index (χ1) is 19.1. The number of benzene rings is 1. The highest BCUT2D eigenvalue weighted by Crippen LogP contribution is 2.45. The zero-order chi connectivity index (χ0) is 30.4. The Morgan fingerprint density at radius 2 is 2.00 bits per heavy atom. The Labute approximate surface area is 245 Å². The lowest BCUT2D eigenvalue weighted by atomic mass is 9.84. The Kier molecular flexibility index (Phi) is 7.98. The summed E-state index contributed by atoms with van der Waals surface area (Å²) in [5.41, 5.74) is 6.24. The summed E-state index contributed by atoms with van der Waals surface area (Å²) in [6.45, 7) is 5.49. The number of fused-ring (bicyclic) bond motifs is 1. The summed E-state index contributed by atoms with van der Waals surface area (Å²) in [5, 5.41) is 7.42. The molecule has 8 nitrogen and oxygen atoms in total. The third kappa shape index (κ3) is 5.19. The van der Waals surface area contributed by atoms with Gasteiger partial charge in [0.15, 0.2) is 11.4 Å². The average Bonchev–Trinajstić information content (AvgIpc) is 3.25. The fraction of sp³-hybridized carbons (Fsp3) is 0.222. The van der Waals surface area contributed by atoms with Crippen molar-refractivity contribution < 1.29 is 27.2 Å². The van der Waals surface area contributed by atoms with Crippen molar-refractivity contribution in [1.82, 2.24) is 20.2 Å². The van der Waals surface area contributed by atoms with Crippen LogP contribution >= 0.6 is 27.5 Å². The maximum absolute atomic E-state index is 13.8. The summed E-state index contributed by atoms with van der Waals surface area (Å²) >= 11 is 10.2. The fourth-order valence-corrected chi connectivity index (χ4v) is 5.47. The zero-order valence-corrected chi connectivity index (χ0v) is 24.2. The van der Waals surface area contributed by atoms with Crippen LogP contribution in [0.5, 0.6) is 0 Å². The normalized spacial score (nSPS) is 17.8. The van der Waals surface area contributed by atoms with Gasteiger partial charge in [-0.3, -0.25) is 14.6 Å². The second-order valence-corrected chi connectivity index (χ2v) is 10.6. The minimum atomic E-state index is -4.73. The molecule has 2 atom stereocenters. The van der Waals surface area contributed by atoms with Crippen molar-refractivity contribution in [1.29, 1.82) is 0 Å². The Hall–Kier alpha value is -3.84. The summed E-state index contributed by atoms with van der Waals surface area (Å²) in [6.07, 6.45) is 1.05. The molecule has 2 amide bonds. The number of amides is 2. The SMILES string of the molecule is C=C(F)C(=O)Nc1cccc(-c2ncc(Br)c3c2c(C2(C(=O)N[C@@H](C)C(F)(F)F)NC=CC(N)=C2Cl)cn3C)c1C. The van der Waals surface area contributed by atoms with Crippen LogP contribution in [0.2, 0.25) is 0 Å². The molecule has 216 valence electrons. The van der Waals surface area contributed by atoms with Crippen molar-refractivity contribution >= 4 is 55.9 Å². The largest absolute Gasteiger partial charge is 0.408 e. The van der Waals surface area contributed by atoms with Gasteiger partial charge in [0, 0.05) is 41.6 Å². The standard InChI is InChI=1S/C27H24BrClF4N6O2/c1-12-15(6-5-7-19(12)38-24(40)13(2)30)21-20-16(11-39(4)22(20)17(28)10-35-21)26(23(29)18(34)8-9-36-26)25(41)37-14(3)27(31,32)33/h5-11,14,36H,2,34H2,1,3-4H3,(H,37,41)(H,38,40)/t14-,26?/m0/s1. The van der Waals surface area contributed by atoms with Crippen LogP contribution in [0.4, 0.5) is 23.2 Å². The average molecular weight is 656 g/mol. The summed E-state index contributed by atoms with van der Waals surface area (Å²) < 4.78 is 56.1. The number of pyridine rings is 1. The van der Waals surface area contributed by atoms with Gasteiger partial charge in [0.05, 0.1) is 26.4 Å². The monoisotopic (exact) mass is 654 g/mol. The Morgan fingerprint density at radius 1 is 1.32 bits per heavy atom. The van der Waals surface area contributed by atoms with E-state index >= 15 is 0 Å². The summed E-state index contributed by atoms with van der Waals surface area (Å²) in [5.74, 6) is -3.31. The van der Waals surface area contributed by atoms with Crippen LogP contribution in [0.3, 0.4) is 0 Å². The number of alkyl halides is 3. The molecule has 0 fully saturated rings. The molecule has 4 rings (SSSR count). The first kappa shape index (κ1) is 30.1. The number of nitrogens with zero attached hydrogens (tertiary/aromatic N) is 2. The predicted molar refractivity (Wildman–Crippen MR) is 152 cm³/mol. The van der Waals surface area contributed by atoms with Crippen molar-refractivity contribution in [2.75, 3.05) is 5.32 Å². The maximum Gasteiger partial charge on any atom is 0.408 e. The molecule has 2 aromatic heterocycles. The quantitative estimate of drug-likeness (QED) is 0.206. The van der Waals surface area contributed by atoms with E-state index in [0.29, 0.717) is 32.2 Å². The number of nitrogens with two attached hydrogens (primary N) is 1. The van der Waals surface area contributed by atoms with Gasteiger partial charge in [-0.25, -0.2) is 4.39 Å². The van der Waals surface area contributed by atoms with Crippen LogP contribution < -0.4 is 21.7 Å². The van der Waals surface area contributed by atoms with Gasteiger partial charge in [-0.05, 0) is 53.7 Å². The maximum atomic E-state index is 13.8. The van der Waals surface area contributed by atoms with Crippen molar-refractivity contribution in [3.63, 3.8) is 0 Å². The molecule has 3 heterocycles. The number of anilines is 1. The summed E-state index contributed by atoms with van der Waals surface area (Å²) in [7, 11) is 1.68. The lowest BCUT2D eigenvalue weighted by Crippen LogP contribution is -2.58. The number of hydrogen-bond donors (Lipinski definition) is 4. The molecule has 0 radical (unpaired) electrons. The van der Waals surface area contributed by atoms with E-state index in [4.69, 9.17) is 17.3 Å². The molecule has 0 bridgehead atoms. The Balaban J connectivity index is 2.04. The third-order valence-electron chi connectivity index (χ3n) is 6.76. The van der Waals surface area contributed by atoms with Crippen molar-refractivity contribution in [2.45, 2.75) is 31.6 Å². The number of carbonyl (C=O) groups is 2. The van der Waals surface area contributed by atoms with E-state index in [1.54, 1.807) is 42.9 Å². The molecule has 3 aromatic rings. The summed E-state index contributed by atoms with van der Waals surface area (Å²) in [6, 6.07) is 2.65. The van der Waals surface area contributed by atoms with Crippen LogP contribution in [-0.4, -0.2) is 33.6 Å². The number of hydrogen-bond acceptors (Lipinski definition) is 5. The minimum absolute atomic E-state index is 0.0333. The second kappa shape index (κ2) is 10.9. The topological polar surface area (TPSA) is 114 Å². The molecule has 0 saturated carbocycles. The van der Waals surface area contributed by atoms with Gasteiger partial charge in [-0.2, -0.15) is 13.2 Å². The molecule has 0 aliphatic carbocycles. The lowest BCUT2D eigenvalue weighted by Gasteiger charge is -2.36. The van der Waals surface area contributed by atoms with Gasteiger partial charge in [0.2, 0.25) is 0 Å². The minimum Gasteiger partial charge on any atom is -0.398 e. The molecular weight excluding hydrogens is 632 g/mol. The predicted octanol–water partition coefficient (Wildman–Crippen LogP) is 5.52. The van der Waals surface area contributed by atoms with Crippen LogP contribution in [-0.2, 0) is 22.2 Å². The number of aromatic nitrogens is 2. The lowest BCUT2D eigenvalue weighted by molar-refractivity contribution is -0.159. The Morgan fingerprint density at radius 3 is 2.63 bits per heavy atom. The molecule has 0 spiro atoms. The van der Waals surface area contributed by atoms with Gasteiger partial charge in [0.25, 0.3) is 11.8 Å². The van der Waals surface area contributed by atoms with Crippen molar-refractivity contribution in [3.05, 3.63) is 81.6 Å². The zero-order valence-electron chi connectivity index (χ0n) is 21.9. The smallest absolute Gasteiger partial charge is 0.398 e. The number of nitrogens with one attached hydrogen (secondary N) is 3. The van der Waals surface area contributed by atoms with E-state index in [9.17, 15) is 27.2 Å². The van der Waals surface area contributed by atoms with E-state index in [0.717, 1.165) is 6.92 Å². The number of allylic oxidation sites excluding steroid dienone is 1. The second-order valence-electron chi connectivity index (χ2n) is 9.40. The molecule has 1 aliphatic heterocycles. The summed E-state index contributed by atoms with van der Waals surface area (Å²) in [4.78, 5) is 30.4. The van der Waals surface area contributed by atoms with E-state index in [2.05, 4.69) is 38.1 Å². The first-order valence-corrected chi connectivity index (χ1v) is 13.2. The van der Waals surface area contributed by atoms with Crippen LogP contribution in [0.25, 0.3) is 22.2 Å². The van der Waals surface area contributed by atoms with E-state index in [-0.39, 0.29) is 22.0 Å². The van der Waals surface area contributed by atoms with Gasteiger partial charge in [-0.15, -0.1) is 0 Å². The van der Waals surface area contributed by atoms with E-state index in [1.807, 2.05) is 5.32 Å². The molecule has 0 saturated heterocycles. The number of carbonyl (C=O) groups excluding carboxylic acids is 2. The molecule has 14 heteroatoms. The van der Waals surface area contributed by atoms with Gasteiger partial charge >= 0.3 is 6.18 Å². The first-order valence-electron chi connectivity index (χ1n) is 12.0. The highest BCUT2D eigenvalue weighted by atomic mass is 79.9. The molecule has 1 unspecified atom stereocenters. The molecule has 1 aromatic carbocycles. The van der Waals surface area contributed by atoms with Crippen LogP contribution in [0, 0.1) is 6.92 Å². The van der Waals surface area contributed by atoms with Crippen molar-refractivity contribution in [2.24, 2.45) is 12.8 Å². The number of halogens is 6. The van der Waals surface area contributed by atoms with E-state index in [1.165, 1.54) is 18.5 Å². The van der Waals surface area contributed by atoms with Crippen LogP contribution in [0.15, 0.2) is 70.5 Å². The molecule has 1 aliphatic rings. The van der Waals surface area contributed by atoms with Gasteiger partial charge < -0.3 is 26.3 Å².